The lowest BCUT2D eigenvalue weighted by molar-refractivity contribution is 0.0646. The van der Waals surface area contributed by atoms with Crippen LogP contribution in [0.25, 0.3) is 11.0 Å². The summed E-state index contributed by atoms with van der Waals surface area (Å²) in [4.78, 5) is 20.8. The summed E-state index contributed by atoms with van der Waals surface area (Å²) < 4.78 is 28.0. The number of aromatic amines is 1. The van der Waals surface area contributed by atoms with E-state index in [1.807, 2.05) is 0 Å². The molecule has 0 spiro atoms. The van der Waals surface area contributed by atoms with Gasteiger partial charge in [-0.25, -0.2) is 4.98 Å². The van der Waals surface area contributed by atoms with Crippen LogP contribution < -0.4 is 0 Å². The van der Waals surface area contributed by atoms with Crippen molar-refractivity contribution >= 4 is 29.2 Å². The monoisotopic (exact) mass is 348 g/mol. The molecule has 5 nitrogen and oxygen atoms in total. The molecule has 0 aliphatic heterocycles. The molecular formula is C16H14F2N4OS. The fourth-order valence-corrected chi connectivity index (χ4v) is 2.73. The number of nitrogens with zero attached hydrogens (tertiary/aromatic N) is 3. The van der Waals surface area contributed by atoms with Crippen LogP contribution in [0.15, 0.2) is 42.6 Å². The minimum Gasteiger partial charge on any atom is -0.352 e. The van der Waals surface area contributed by atoms with Crippen molar-refractivity contribution in [3.63, 3.8) is 0 Å². The van der Waals surface area contributed by atoms with E-state index in [1.165, 1.54) is 11.9 Å². The number of pyridine rings is 1. The number of rotatable bonds is 4. The number of hydrogen-bond acceptors (Lipinski definition) is 3. The molecule has 1 N–H and O–H groups in total. The fraction of sp³-hybridized carbons (Fsp3) is 0.188. The molecule has 0 saturated carbocycles. The average Bonchev–Trinajstić information content (AvgIpc) is 2.92. The van der Waals surface area contributed by atoms with E-state index in [0.29, 0.717) is 21.2 Å². The lowest BCUT2D eigenvalue weighted by Crippen LogP contribution is -2.28. The summed E-state index contributed by atoms with van der Waals surface area (Å²) in [5.41, 5.74) is 1.11. The molecule has 1 amide bonds. The van der Waals surface area contributed by atoms with Crippen molar-refractivity contribution in [2.75, 3.05) is 7.05 Å². The van der Waals surface area contributed by atoms with Crippen LogP contribution in [0.2, 0.25) is 0 Å². The SMILES string of the molecule is CN(Cc1nc2ccccc2n1C(F)F)C(=O)c1ccc[nH]c1=S. The van der Waals surface area contributed by atoms with Crippen molar-refractivity contribution in [1.29, 1.82) is 0 Å². The Hall–Kier alpha value is -2.61. The van der Waals surface area contributed by atoms with Crippen LogP contribution in [0.1, 0.15) is 22.7 Å². The van der Waals surface area contributed by atoms with Gasteiger partial charge < -0.3 is 9.88 Å². The molecule has 0 radical (unpaired) electrons. The van der Waals surface area contributed by atoms with Gasteiger partial charge in [0.2, 0.25) is 0 Å². The third-order valence-corrected chi connectivity index (χ3v) is 3.98. The molecule has 0 aliphatic rings. The van der Waals surface area contributed by atoms with E-state index >= 15 is 0 Å². The summed E-state index contributed by atoms with van der Waals surface area (Å²) in [6.07, 6.45) is 1.62. The highest BCUT2D eigenvalue weighted by Crippen LogP contribution is 2.24. The molecule has 3 aromatic rings. The topological polar surface area (TPSA) is 53.9 Å². The van der Waals surface area contributed by atoms with E-state index in [2.05, 4.69) is 9.97 Å². The van der Waals surface area contributed by atoms with Gasteiger partial charge in [0.25, 0.3) is 5.91 Å². The normalized spacial score (nSPS) is 11.2. The van der Waals surface area contributed by atoms with E-state index < -0.39 is 6.55 Å². The Balaban J connectivity index is 1.95. The number of amides is 1. The maximum atomic E-state index is 13.4. The third kappa shape index (κ3) is 2.92. The Labute approximate surface area is 141 Å². The van der Waals surface area contributed by atoms with Crippen molar-refractivity contribution in [3.05, 3.63) is 58.6 Å². The fourth-order valence-electron chi connectivity index (χ4n) is 2.50. The quantitative estimate of drug-likeness (QED) is 0.731. The Kier molecular flexibility index (Phi) is 4.39. The van der Waals surface area contributed by atoms with Crippen LogP contribution in [-0.2, 0) is 6.54 Å². The van der Waals surface area contributed by atoms with Gasteiger partial charge in [0, 0.05) is 13.2 Å². The number of para-hydroxylation sites is 2. The summed E-state index contributed by atoms with van der Waals surface area (Å²) in [5.74, 6) is -0.238. The van der Waals surface area contributed by atoms with Gasteiger partial charge in [-0.15, -0.1) is 0 Å². The molecule has 0 bridgehead atoms. The summed E-state index contributed by atoms with van der Waals surface area (Å²) in [6.45, 7) is -2.79. The first-order valence-electron chi connectivity index (χ1n) is 7.16. The van der Waals surface area contributed by atoms with Gasteiger partial charge in [-0.05, 0) is 24.3 Å². The van der Waals surface area contributed by atoms with Crippen LogP contribution in [0, 0.1) is 4.64 Å². The van der Waals surface area contributed by atoms with Crippen molar-refractivity contribution in [1.82, 2.24) is 19.4 Å². The first-order valence-corrected chi connectivity index (χ1v) is 7.57. The van der Waals surface area contributed by atoms with E-state index in [9.17, 15) is 13.6 Å². The van der Waals surface area contributed by atoms with Crippen molar-refractivity contribution in [2.45, 2.75) is 13.1 Å². The van der Waals surface area contributed by atoms with Crippen molar-refractivity contribution < 1.29 is 13.6 Å². The van der Waals surface area contributed by atoms with Gasteiger partial charge in [0.1, 0.15) is 10.5 Å². The number of H-pyrrole nitrogens is 1. The number of nitrogens with one attached hydrogen (secondary N) is 1. The van der Waals surface area contributed by atoms with Crippen LogP contribution in [0.4, 0.5) is 8.78 Å². The number of hydrogen-bond donors (Lipinski definition) is 1. The second-order valence-corrected chi connectivity index (χ2v) is 5.65. The molecule has 2 heterocycles. The van der Waals surface area contributed by atoms with Crippen LogP contribution in [0.5, 0.6) is 0 Å². The standard InChI is InChI=1S/C16H14F2N4OS/c1-21(15(23)10-5-4-8-19-14(10)24)9-13-20-11-6-2-3-7-12(11)22(13)16(17)18/h2-8,16H,9H2,1H3,(H,19,24). The molecule has 0 fully saturated rings. The maximum absolute atomic E-state index is 13.4. The van der Waals surface area contributed by atoms with Crippen molar-refractivity contribution in [3.8, 4) is 0 Å². The minimum atomic E-state index is -2.74. The molecular weight excluding hydrogens is 334 g/mol. The molecule has 24 heavy (non-hydrogen) atoms. The number of fused-ring (bicyclic) bond motifs is 1. The number of imidazole rings is 1. The predicted octanol–water partition coefficient (Wildman–Crippen LogP) is 3.76. The Morgan fingerprint density at radius 3 is 2.79 bits per heavy atom. The van der Waals surface area contributed by atoms with Gasteiger partial charge in [-0.3, -0.25) is 9.36 Å². The third-order valence-electron chi connectivity index (χ3n) is 3.64. The average molecular weight is 348 g/mol. The molecule has 0 saturated heterocycles. The van der Waals surface area contributed by atoms with Crippen LogP contribution >= 0.6 is 12.2 Å². The highest BCUT2D eigenvalue weighted by Gasteiger charge is 2.21. The Morgan fingerprint density at radius 2 is 2.08 bits per heavy atom. The number of benzene rings is 1. The molecule has 0 unspecified atom stereocenters. The lowest BCUT2D eigenvalue weighted by atomic mass is 10.2. The van der Waals surface area contributed by atoms with E-state index in [4.69, 9.17) is 12.2 Å². The van der Waals surface area contributed by atoms with Gasteiger partial charge in [-0.2, -0.15) is 8.78 Å². The first kappa shape index (κ1) is 16.3. The highest BCUT2D eigenvalue weighted by atomic mass is 32.1. The van der Waals surface area contributed by atoms with Gasteiger partial charge >= 0.3 is 6.55 Å². The zero-order valence-electron chi connectivity index (χ0n) is 12.7. The van der Waals surface area contributed by atoms with Crippen LogP contribution in [-0.4, -0.2) is 32.4 Å². The molecule has 124 valence electrons. The van der Waals surface area contributed by atoms with E-state index in [0.717, 1.165) is 4.57 Å². The second kappa shape index (κ2) is 6.48. The zero-order chi connectivity index (χ0) is 17.3. The highest BCUT2D eigenvalue weighted by molar-refractivity contribution is 7.71. The number of alkyl halides is 2. The number of carbonyl (C=O) groups excluding carboxylic acids is 1. The van der Waals surface area contributed by atoms with Gasteiger partial charge in [-0.1, -0.05) is 24.4 Å². The van der Waals surface area contributed by atoms with Crippen molar-refractivity contribution in [2.24, 2.45) is 0 Å². The molecule has 8 heteroatoms. The number of carbonyl (C=O) groups is 1. The van der Waals surface area contributed by atoms with E-state index in [1.54, 1.807) is 42.6 Å². The zero-order valence-corrected chi connectivity index (χ0v) is 13.6. The van der Waals surface area contributed by atoms with E-state index in [-0.39, 0.29) is 18.3 Å². The molecule has 0 aliphatic carbocycles. The Morgan fingerprint density at radius 1 is 1.33 bits per heavy atom. The predicted molar refractivity (Wildman–Crippen MR) is 88.4 cm³/mol. The smallest absolute Gasteiger partial charge is 0.320 e. The molecule has 1 aromatic carbocycles. The van der Waals surface area contributed by atoms with Gasteiger partial charge in [0.05, 0.1) is 23.1 Å². The second-order valence-electron chi connectivity index (χ2n) is 5.24. The minimum absolute atomic E-state index is 0.0540. The summed E-state index contributed by atoms with van der Waals surface area (Å²) >= 11 is 5.09. The molecule has 3 rings (SSSR count). The van der Waals surface area contributed by atoms with Gasteiger partial charge in [0.15, 0.2) is 0 Å². The largest absolute Gasteiger partial charge is 0.352 e. The first-order chi connectivity index (χ1) is 11.5. The maximum Gasteiger partial charge on any atom is 0.320 e. The summed E-state index contributed by atoms with van der Waals surface area (Å²) in [7, 11) is 1.53. The summed E-state index contributed by atoms with van der Waals surface area (Å²) in [5, 5.41) is 0. The number of halogens is 2. The Bertz CT molecular complexity index is 950. The van der Waals surface area contributed by atoms with Crippen LogP contribution in [0.3, 0.4) is 0 Å². The molecule has 2 aromatic heterocycles. The summed E-state index contributed by atoms with van der Waals surface area (Å²) in [6, 6.07) is 9.89. The molecule has 0 atom stereocenters. The lowest BCUT2D eigenvalue weighted by Gasteiger charge is -2.17. The number of aromatic nitrogens is 3.